The van der Waals surface area contributed by atoms with Crippen LogP contribution in [-0.4, -0.2) is 58.6 Å². The molecule has 0 radical (unpaired) electrons. The van der Waals surface area contributed by atoms with E-state index >= 15 is 0 Å². The molecular weight excluding hydrogens is 574 g/mol. The van der Waals surface area contributed by atoms with Crippen LogP contribution < -0.4 is 16.1 Å². The first-order valence-corrected chi connectivity index (χ1v) is 19.8. The largest absolute Gasteiger partial charge is 0.410 e. The second-order valence-electron chi connectivity index (χ2n) is 14.1. The molecule has 0 bridgehead atoms. The van der Waals surface area contributed by atoms with E-state index < -0.39 is 34.3 Å². The van der Waals surface area contributed by atoms with E-state index in [9.17, 15) is 4.39 Å². The van der Waals surface area contributed by atoms with E-state index in [0.717, 1.165) is 0 Å². The van der Waals surface area contributed by atoms with Gasteiger partial charge < -0.3 is 24.2 Å². The van der Waals surface area contributed by atoms with Crippen molar-refractivity contribution in [2.75, 3.05) is 13.3 Å². The molecule has 232 valence electrons. The monoisotopic (exact) mass is 621 g/mol. The van der Waals surface area contributed by atoms with Crippen molar-refractivity contribution in [3.63, 3.8) is 0 Å². The van der Waals surface area contributed by atoms with Crippen molar-refractivity contribution >= 4 is 32.8 Å². The van der Waals surface area contributed by atoms with Crippen LogP contribution in [0.25, 0.3) is 0 Å². The Hall–Kier alpha value is -2.79. The molecule has 0 aromatic heterocycles. The molecule has 6 nitrogen and oxygen atoms in total. The highest BCUT2D eigenvalue weighted by atomic mass is 28.4. The summed E-state index contributed by atoms with van der Waals surface area (Å²) in [5.74, 6) is -0.673. The highest BCUT2D eigenvalue weighted by molar-refractivity contribution is 6.99. The van der Waals surface area contributed by atoms with E-state index in [4.69, 9.17) is 19.3 Å². The van der Waals surface area contributed by atoms with E-state index in [1.807, 2.05) is 18.2 Å². The number of aliphatic imine (C=N–C) groups is 1. The number of nitrogens with two attached hydrogens (primary N) is 1. The van der Waals surface area contributed by atoms with Gasteiger partial charge in [-0.3, -0.25) is 0 Å². The topological polar surface area (TPSA) is 69.3 Å². The van der Waals surface area contributed by atoms with Gasteiger partial charge in [0, 0.05) is 12.6 Å². The summed E-state index contributed by atoms with van der Waals surface area (Å²) in [5, 5.41) is 2.08. The van der Waals surface area contributed by atoms with E-state index in [1.54, 1.807) is 4.90 Å². The van der Waals surface area contributed by atoms with Gasteiger partial charge in [-0.05, 0) is 39.6 Å². The second-order valence-corrected chi connectivity index (χ2v) is 23.2. The Bertz CT molecular complexity index is 1340. The number of rotatable bonds is 9. The van der Waals surface area contributed by atoms with Crippen molar-refractivity contribution < 1.29 is 18.0 Å². The minimum absolute atomic E-state index is 0.0382. The maximum Gasteiger partial charge on any atom is 0.261 e. The molecule has 1 saturated heterocycles. The van der Waals surface area contributed by atoms with Crippen molar-refractivity contribution in [3.05, 3.63) is 91.1 Å². The fraction of sp³-hybridized carbons (Fsp3) is 0.471. The third kappa shape index (κ3) is 6.53. The highest BCUT2D eigenvalue weighted by Gasteiger charge is 2.57. The van der Waals surface area contributed by atoms with Crippen molar-refractivity contribution in [3.8, 4) is 0 Å². The first kappa shape index (κ1) is 33.1. The summed E-state index contributed by atoms with van der Waals surface area (Å²) in [6.07, 6.45) is 2.83. The third-order valence-corrected chi connectivity index (χ3v) is 18.6. The Labute approximate surface area is 259 Å². The van der Waals surface area contributed by atoms with Gasteiger partial charge in [0.25, 0.3) is 8.32 Å². The lowest BCUT2D eigenvalue weighted by Gasteiger charge is -2.46. The molecule has 9 heteroatoms. The lowest BCUT2D eigenvalue weighted by Crippen LogP contribution is -2.68. The van der Waals surface area contributed by atoms with E-state index in [2.05, 4.69) is 120 Å². The molecule has 3 atom stereocenters. The first-order chi connectivity index (χ1) is 20.1. The normalized spacial score (nSPS) is 23.4. The summed E-state index contributed by atoms with van der Waals surface area (Å²) in [4.78, 5) is 5.91. The second kappa shape index (κ2) is 12.3. The van der Waals surface area contributed by atoms with Crippen molar-refractivity contribution in [1.29, 1.82) is 0 Å². The first-order valence-electron chi connectivity index (χ1n) is 15.0. The predicted molar refractivity (Wildman–Crippen MR) is 179 cm³/mol. The summed E-state index contributed by atoms with van der Waals surface area (Å²) in [5.41, 5.74) is 7.72. The molecule has 4 rings (SSSR count). The minimum Gasteiger partial charge on any atom is -0.410 e. The van der Waals surface area contributed by atoms with Gasteiger partial charge in [0.05, 0.1) is 12.7 Å². The fourth-order valence-corrected chi connectivity index (χ4v) is 11.7. The number of amidine groups is 1. The molecule has 0 unspecified atom stereocenters. The van der Waals surface area contributed by atoms with Crippen LogP contribution in [0.15, 0.2) is 96.1 Å². The van der Waals surface area contributed by atoms with Crippen LogP contribution in [0.5, 0.6) is 0 Å². The van der Waals surface area contributed by atoms with Crippen molar-refractivity contribution in [2.24, 2.45) is 10.7 Å². The number of benzene rings is 2. The molecule has 0 aliphatic carbocycles. The Morgan fingerprint density at radius 3 is 2.07 bits per heavy atom. The minimum atomic E-state index is -2.92. The Balaban J connectivity index is 1.83. The Morgan fingerprint density at radius 1 is 1.05 bits per heavy atom. The molecule has 2 heterocycles. The van der Waals surface area contributed by atoms with Crippen LogP contribution in [0, 0.1) is 0 Å². The molecule has 1 fully saturated rings. The Kier molecular flexibility index (Phi) is 9.48. The van der Waals surface area contributed by atoms with Crippen molar-refractivity contribution in [2.45, 2.75) is 89.1 Å². The summed E-state index contributed by atoms with van der Waals surface area (Å²) >= 11 is 0. The molecule has 0 amide bonds. The SMILES string of the molecule is C=C=C[C@]1(CO[Si](c2ccccc2)(c2ccccc2)C(C)(C)C)O[C@@H](N2C=C(F)C(N)=NC2)C[C@@H]1O[Si](C)(C)C(C)(C)C. The quantitative estimate of drug-likeness (QED) is 0.266. The summed E-state index contributed by atoms with van der Waals surface area (Å²) in [6.45, 7) is 22.2. The van der Waals surface area contributed by atoms with Gasteiger partial charge in [-0.15, -0.1) is 5.73 Å². The van der Waals surface area contributed by atoms with Gasteiger partial charge >= 0.3 is 0 Å². The maximum atomic E-state index is 14.6. The summed E-state index contributed by atoms with van der Waals surface area (Å²) in [6, 6.07) is 21.1. The van der Waals surface area contributed by atoms with Gasteiger partial charge in [0.2, 0.25) is 0 Å². The third-order valence-electron chi connectivity index (χ3n) is 9.13. The number of hydrogen-bond acceptors (Lipinski definition) is 6. The average molecular weight is 622 g/mol. The van der Waals surface area contributed by atoms with Crippen LogP contribution in [0.4, 0.5) is 4.39 Å². The molecule has 2 aliphatic heterocycles. The van der Waals surface area contributed by atoms with Gasteiger partial charge in [-0.1, -0.05) is 109 Å². The Morgan fingerprint density at radius 2 is 1.60 bits per heavy atom. The van der Waals surface area contributed by atoms with Crippen LogP contribution in [0.3, 0.4) is 0 Å². The van der Waals surface area contributed by atoms with Crippen LogP contribution in [0.1, 0.15) is 48.0 Å². The molecular formula is C34H48FN3O3Si2. The van der Waals surface area contributed by atoms with E-state index in [1.165, 1.54) is 16.6 Å². The predicted octanol–water partition coefficient (Wildman–Crippen LogP) is 6.22. The number of hydrogen-bond donors (Lipinski definition) is 1. The molecule has 2 aromatic carbocycles. The smallest absolute Gasteiger partial charge is 0.261 e. The van der Waals surface area contributed by atoms with Gasteiger partial charge in [0.1, 0.15) is 18.5 Å². The van der Waals surface area contributed by atoms with Gasteiger partial charge in [-0.25, -0.2) is 9.38 Å². The lowest BCUT2D eigenvalue weighted by atomic mass is 9.97. The van der Waals surface area contributed by atoms with Crippen LogP contribution in [-0.2, 0) is 13.6 Å². The summed E-state index contributed by atoms with van der Waals surface area (Å²) in [7, 11) is -5.19. The molecule has 0 saturated carbocycles. The van der Waals surface area contributed by atoms with Crippen molar-refractivity contribution in [1.82, 2.24) is 4.90 Å². The van der Waals surface area contributed by atoms with Crippen LogP contribution in [0.2, 0.25) is 23.2 Å². The van der Waals surface area contributed by atoms with Crippen LogP contribution >= 0.6 is 0 Å². The van der Waals surface area contributed by atoms with E-state index in [0.29, 0.717) is 6.42 Å². The molecule has 0 spiro atoms. The molecule has 43 heavy (non-hydrogen) atoms. The molecule has 2 aliphatic rings. The fourth-order valence-electron chi connectivity index (χ4n) is 5.75. The van der Waals surface area contributed by atoms with E-state index in [-0.39, 0.29) is 35.3 Å². The zero-order chi connectivity index (χ0) is 31.7. The zero-order valence-electron chi connectivity index (χ0n) is 27.0. The molecule has 2 N–H and O–H groups in total. The summed E-state index contributed by atoms with van der Waals surface area (Å²) < 4.78 is 36.0. The number of nitrogens with zero attached hydrogens (tertiary/aromatic N) is 2. The van der Waals surface area contributed by atoms with Gasteiger partial charge in [-0.2, -0.15) is 0 Å². The zero-order valence-corrected chi connectivity index (χ0v) is 29.0. The molecule has 2 aromatic rings. The number of halogens is 1. The number of ether oxygens (including phenoxy) is 1. The average Bonchev–Trinajstić information content (AvgIpc) is 3.27. The highest BCUT2D eigenvalue weighted by Crippen LogP contribution is 2.45. The van der Waals surface area contributed by atoms with Gasteiger partial charge in [0.15, 0.2) is 20.0 Å². The lowest BCUT2D eigenvalue weighted by molar-refractivity contribution is -0.105. The maximum absolute atomic E-state index is 14.6. The standard InChI is InChI=1S/C34H48FN3O3Si2/c1-10-21-34(24-39-43(33(5,6)7,26-17-13-11-14-18-26)27-19-15-12-16-20-27)29(41-42(8,9)32(2,3)4)22-30(40-34)38-23-28(35)31(36)37-25-38/h11-21,23,29-30H,1,22,24-25H2,2-9H3,(H2,36,37)/t29-,30+,34+/m0/s1.